The fourth-order valence-corrected chi connectivity index (χ4v) is 4.64. The van der Waals surface area contributed by atoms with E-state index in [0.29, 0.717) is 5.75 Å². The first kappa shape index (κ1) is 25.7. The number of amides is 1. The van der Waals surface area contributed by atoms with Crippen LogP contribution in [0.4, 0.5) is 15.4 Å². The van der Waals surface area contributed by atoms with Crippen LogP contribution in [0.2, 0.25) is 0 Å². The van der Waals surface area contributed by atoms with Crippen molar-refractivity contribution in [2.45, 2.75) is 11.7 Å². The Morgan fingerprint density at radius 3 is 2.35 bits per heavy atom. The molecule has 0 unspecified atom stereocenters. The Labute approximate surface area is 180 Å². The van der Waals surface area contributed by atoms with E-state index in [1.807, 2.05) is 0 Å². The minimum Gasteiger partial charge on any atom is -0.453 e. The van der Waals surface area contributed by atoms with Gasteiger partial charge in [0, 0.05) is 40.4 Å². The second kappa shape index (κ2) is 10.8. The van der Waals surface area contributed by atoms with E-state index in [0.717, 1.165) is 33.0 Å². The summed E-state index contributed by atoms with van der Waals surface area (Å²) in [5.41, 5.74) is -3.64. The zero-order valence-corrected chi connectivity index (χ0v) is 19.5. The van der Waals surface area contributed by atoms with Crippen LogP contribution < -0.4 is 11.0 Å². The van der Waals surface area contributed by atoms with Crippen LogP contribution in [-0.4, -0.2) is 67.1 Å². The average molecular weight is 501 g/mol. The van der Waals surface area contributed by atoms with E-state index in [-0.39, 0.29) is 12.4 Å². The fourth-order valence-electron chi connectivity index (χ4n) is 2.24. The molecular weight excluding hydrogens is 480 g/mol. The van der Waals surface area contributed by atoms with Crippen LogP contribution in [0.1, 0.15) is 6.23 Å². The van der Waals surface area contributed by atoms with Crippen molar-refractivity contribution in [2.24, 2.45) is 0 Å². The van der Waals surface area contributed by atoms with Gasteiger partial charge in [-0.1, -0.05) is 0 Å². The van der Waals surface area contributed by atoms with Crippen molar-refractivity contribution in [3.05, 3.63) is 22.7 Å². The molecule has 0 aromatic carbocycles. The number of carbonyl (C=O) groups is 2. The SMILES string of the molecule is COP(=O)(OC)C(=O)Nc1ccn([C@H]2CS[C@@H](COC(=O)P(=O)(OC)OC)O2)c(=O)n1. The molecular formula is C14H21N3O11P2S. The van der Waals surface area contributed by atoms with E-state index in [9.17, 15) is 23.5 Å². The van der Waals surface area contributed by atoms with E-state index in [1.54, 1.807) is 0 Å². The number of carbonyl (C=O) groups excluding carboxylic acids is 2. The van der Waals surface area contributed by atoms with Crippen molar-refractivity contribution in [1.29, 1.82) is 0 Å². The molecule has 2 rings (SSSR count). The minimum atomic E-state index is -4.03. The highest BCUT2D eigenvalue weighted by Gasteiger charge is 2.37. The zero-order chi connectivity index (χ0) is 23.2. The molecule has 2 atom stereocenters. The molecule has 1 aliphatic rings. The molecule has 0 radical (unpaired) electrons. The molecule has 17 heteroatoms. The van der Waals surface area contributed by atoms with Crippen molar-refractivity contribution < 1.29 is 46.3 Å². The third kappa shape index (κ3) is 6.02. The molecule has 1 aromatic rings. The number of ether oxygens (including phenoxy) is 2. The van der Waals surface area contributed by atoms with Crippen molar-refractivity contribution in [1.82, 2.24) is 9.55 Å². The predicted octanol–water partition coefficient (Wildman–Crippen LogP) is 2.47. The molecule has 0 bridgehead atoms. The molecule has 1 amide bonds. The van der Waals surface area contributed by atoms with Gasteiger partial charge >= 0.3 is 32.2 Å². The molecule has 31 heavy (non-hydrogen) atoms. The molecule has 0 spiro atoms. The maximum absolute atomic E-state index is 12.3. The molecule has 1 N–H and O–H groups in total. The Bertz CT molecular complexity index is 955. The summed E-state index contributed by atoms with van der Waals surface area (Å²) in [6.45, 7) is -0.254. The first-order valence-electron chi connectivity index (χ1n) is 8.40. The van der Waals surface area contributed by atoms with Gasteiger partial charge in [-0.05, 0) is 6.07 Å². The lowest BCUT2D eigenvalue weighted by Gasteiger charge is -2.17. The molecule has 1 saturated heterocycles. The Kier molecular flexibility index (Phi) is 8.98. The van der Waals surface area contributed by atoms with Crippen molar-refractivity contribution in [3.63, 3.8) is 0 Å². The summed E-state index contributed by atoms with van der Waals surface area (Å²) in [5, 5.41) is 2.18. The lowest BCUT2D eigenvalue weighted by molar-refractivity contribution is -0.00832. The van der Waals surface area contributed by atoms with Crippen LogP contribution in [-0.2, 0) is 36.7 Å². The number of thioether (sulfide) groups is 1. The second-order valence-electron chi connectivity index (χ2n) is 5.59. The lowest BCUT2D eigenvalue weighted by atomic mass is 10.5. The highest BCUT2D eigenvalue weighted by Crippen LogP contribution is 2.49. The summed E-state index contributed by atoms with van der Waals surface area (Å²) < 4.78 is 53.8. The predicted molar refractivity (Wildman–Crippen MR) is 108 cm³/mol. The molecule has 14 nitrogen and oxygen atoms in total. The van der Waals surface area contributed by atoms with Crippen LogP contribution in [0.25, 0.3) is 0 Å². The van der Waals surface area contributed by atoms with Gasteiger partial charge in [0.2, 0.25) is 0 Å². The van der Waals surface area contributed by atoms with Crippen LogP contribution >= 0.6 is 27.0 Å². The maximum atomic E-state index is 12.3. The van der Waals surface area contributed by atoms with Crippen molar-refractivity contribution >= 4 is 44.1 Å². The van der Waals surface area contributed by atoms with Crippen molar-refractivity contribution in [2.75, 3.05) is 46.1 Å². The highest BCUT2D eigenvalue weighted by molar-refractivity contribution is 8.00. The topological polar surface area (TPSA) is 171 Å². The number of rotatable bonds is 10. The molecule has 0 aliphatic carbocycles. The van der Waals surface area contributed by atoms with Gasteiger partial charge in [-0.15, -0.1) is 11.8 Å². The lowest BCUT2D eigenvalue weighted by Crippen LogP contribution is -2.29. The Balaban J connectivity index is 1.99. The summed E-state index contributed by atoms with van der Waals surface area (Å²) in [4.78, 5) is 39.7. The number of nitrogens with one attached hydrogen (secondary N) is 1. The van der Waals surface area contributed by atoms with Crippen molar-refractivity contribution in [3.8, 4) is 0 Å². The van der Waals surface area contributed by atoms with Gasteiger partial charge in [-0.3, -0.25) is 14.7 Å². The van der Waals surface area contributed by atoms with Gasteiger partial charge in [-0.25, -0.2) is 18.7 Å². The van der Waals surface area contributed by atoms with Gasteiger partial charge in [0.15, 0.2) is 0 Å². The second-order valence-corrected chi connectivity index (χ2v) is 11.0. The first-order chi connectivity index (χ1) is 14.6. The summed E-state index contributed by atoms with van der Waals surface area (Å²) in [6, 6.07) is 1.30. The monoisotopic (exact) mass is 501 g/mol. The first-order valence-corrected chi connectivity index (χ1v) is 12.5. The van der Waals surface area contributed by atoms with Crippen LogP contribution in [0.3, 0.4) is 0 Å². The minimum absolute atomic E-state index is 0.161. The van der Waals surface area contributed by atoms with E-state index in [1.165, 1.54) is 24.0 Å². The van der Waals surface area contributed by atoms with Gasteiger partial charge in [-0.2, -0.15) is 4.98 Å². The van der Waals surface area contributed by atoms with Crippen LogP contribution in [0, 0.1) is 0 Å². The Hall–Kier alpha value is -1.57. The zero-order valence-electron chi connectivity index (χ0n) is 16.9. The van der Waals surface area contributed by atoms with Gasteiger partial charge in [0.25, 0.3) is 0 Å². The van der Waals surface area contributed by atoms with Gasteiger partial charge in [0.05, 0.1) is 0 Å². The average Bonchev–Trinajstić information content (AvgIpc) is 3.24. The van der Waals surface area contributed by atoms with E-state index in [4.69, 9.17) is 9.47 Å². The molecule has 0 saturated carbocycles. The standard InChI is InChI=1S/C14H21N3O11P2S/c1-23-29(21,24-2)13(19)16-9-5-6-17(12(18)15-9)10-8-31-11(28-10)7-27-14(20)30(22,25-3)26-4/h5-6,10-11H,7-8H2,1-4H3,(H,15,16,18,19)/t10-,11+/m1/s1. The molecule has 1 fully saturated rings. The van der Waals surface area contributed by atoms with Crippen LogP contribution in [0.5, 0.6) is 0 Å². The number of hydrogen-bond acceptors (Lipinski definition) is 13. The summed E-state index contributed by atoms with van der Waals surface area (Å²) >= 11 is 1.25. The smallest absolute Gasteiger partial charge is 0.437 e. The van der Waals surface area contributed by atoms with Gasteiger partial charge in [0.1, 0.15) is 24.1 Å². The van der Waals surface area contributed by atoms with E-state index in [2.05, 4.69) is 28.4 Å². The van der Waals surface area contributed by atoms with E-state index < -0.39 is 43.9 Å². The Morgan fingerprint density at radius 1 is 1.19 bits per heavy atom. The maximum Gasteiger partial charge on any atom is 0.437 e. The highest BCUT2D eigenvalue weighted by atomic mass is 32.2. The fraction of sp³-hybridized carbons (Fsp3) is 0.571. The van der Waals surface area contributed by atoms with Gasteiger partial charge < -0.3 is 27.6 Å². The normalized spacial score (nSPS) is 19.2. The quantitative estimate of drug-likeness (QED) is 0.464. The number of hydrogen-bond donors (Lipinski definition) is 1. The molecule has 1 aliphatic heterocycles. The third-order valence-electron chi connectivity index (χ3n) is 3.89. The third-order valence-corrected chi connectivity index (χ3v) is 8.09. The number of nitrogens with zero attached hydrogens (tertiary/aromatic N) is 2. The summed E-state index contributed by atoms with van der Waals surface area (Å²) in [5.74, 6) is 0.163. The Morgan fingerprint density at radius 2 is 1.81 bits per heavy atom. The number of anilines is 1. The summed E-state index contributed by atoms with van der Waals surface area (Å²) in [6.07, 6.45) is 0.582. The molecule has 1 aromatic heterocycles. The van der Waals surface area contributed by atoms with E-state index >= 15 is 0 Å². The van der Waals surface area contributed by atoms with Crippen LogP contribution in [0.15, 0.2) is 17.1 Å². The number of aromatic nitrogens is 2. The largest absolute Gasteiger partial charge is 0.453 e. The molecule has 174 valence electrons. The summed E-state index contributed by atoms with van der Waals surface area (Å²) in [7, 11) is -3.85. The molecule has 2 heterocycles.